The van der Waals surface area contributed by atoms with E-state index in [-0.39, 0.29) is 51.9 Å². The van der Waals surface area contributed by atoms with Crippen molar-refractivity contribution in [3.63, 3.8) is 0 Å². The number of aromatic nitrogens is 1. The molecule has 0 aliphatic rings. The molecule has 0 aliphatic heterocycles. The third-order valence-corrected chi connectivity index (χ3v) is 7.72. The summed E-state index contributed by atoms with van der Waals surface area (Å²) in [5.74, 6) is -1.42. The van der Waals surface area contributed by atoms with Gasteiger partial charge in [-0.05, 0) is 33.9 Å². The molecule has 0 saturated heterocycles. The van der Waals surface area contributed by atoms with Gasteiger partial charge in [-0.3, -0.25) is 9.78 Å². The second-order valence-corrected chi connectivity index (χ2v) is 10.7. The predicted molar refractivity (Wildman–Crippen MR) is 164 cm³/mol. The Morgan fingerprint density at radius 3 is 2.20 bits per heavy atom. The number of alkyl halides is 3. The van der Waals surface area contributed by atoms with Crippen molar-refractivity contribution >= 4 is 56.6 Å². The Bertz CT molecular complexity index is 1840. The van der Waals surface area contributed by atoms with Crippen molar-refractivity contribution in [3.8, 4) is 11.3 Å². The maximum Gasteiger partial charge on any atom is 0.419 e. The maximum absolute atomic E-state index is 14.5. The first-order chi connectivity index (χ1) is 21.1. The highest BCUT2D eigenvalue weighted by Crippen LogP contribution is 2.42. The highest BCUT2D eigenvalue weighted by atomic mass is 35.5. The van der Waals surface area contributed by atoms with E-state index in [9.17, 15) is 22.8 Å². The molecule has 1 heterocycles. The van der Waals surface area contributed by atoms with Gasteiger partial charge in [0.25, 0.3) is 5.91 Å². The first-order valence-electron chi connectivity index (χ1n) is 13.5. The zero-order chi connectivity index (χ0) is 31.4. The van der Waals surface area contributed by atoms with E-state index in [1.165, 1.54) is 31.5 Å². The third-order valence-electron chi connectivity index (χ3n) is 7.09. The van der Waals surface area contributed by atoms with Gasteiger partial charge in [-0.15, -0.1) is 0 Å². The van der Waals surface area contributed by atoms with Crippen LogP contribution < -0.4 is 5.32 Å². The molecular weight excluding hydrogens is 616 g/mol. The lowest BCUT2D eigenvalue weighted by Gasteiger charge is -2.21. The number of hydrogen-bond acceptors (Lipinski definition) is 5. The molecule has 5 aromatic rings. The van der Waals surface area contributed by atoms with Gasteiger partial charge in [-0.1, -0.05) is 89.9 Å². The number of ether oxygens (including phenoxy) is 2. The number of halogens is 5. The summed E-state index contributed by atoms with van der Waals surface area (Å²) < 4.78 is 53.8. The van der Waals surface area contributed by atoms with Crippen molar-refractivity contribution in [1.29, 1.82) is 0 Å². The van der Waals surface area contributed by atoms with Gasteiger partial charge in [0.2, 0.25) is 0 Å². The summed E-state index contributed by atoms with van der Waals surface area (Å²) in [5, 5.41) is 4.34. The van der Waals surface area contributed by atoms with Crippen molar-refractivity contribution in [2.75, 3.05) is 20.3 Å². The van der Waals surface area contributed by atoms with Gasteiger partial charge in [0.15, 0.2) is 0 Å². The molecule has 5 rings (SSSR count). The highest BCUT2D eigenvalue weighted by Gasteiger charge is 2.37. The minimum atomic E-state index is -4.68. The molecule has 0 spiro atoms. The quantitative estimate of drug-likeness (QED) is 0.131. The number of carbonyl (C=O) groups excluding carboxylic acids is 2. The van der Waals surface area contributed by atoms with Gasteiger partial charge < -0.3 is 14.8 Å². The van der Waals surface area contributed by atoms with E-state index in [0.29, 0.717) is 21.7 Å². The Kier molecular flexibility index (Phi) is 9.39. The third kappa shape index (κ3) is 6.50. The topological polar surface area (TPSA) is 77.5 Å². The fourth-order valence-electron chi connectivity index (χ4n) is 5.09. The molecule has 1 amide bonds. The molecule has 1 aromatic heterocycles. The fourth-order valence-corrected chi connectivity index (χ4v) is 5.65. The van der Waals surface area contributed by atoms with Crippen LogP contribution in [-0.2, 0) is 26.9 Å². The zero-order valence-electron chi connectivity index (χ0n) is 23.3. The lowest BCUT2D eigenvalue weighted by molar-refractivity contribution is -0.147. The minimum Gasteiger partial charge on any atom is -0.462 e. The molecule has 1 N–H and O–H groups in total. The molecule has 6 nitrogen and oxygen atoms in total. The molecule has 0 unspecified atom stereocenters. The monoisotopic (exact) mass is 640 g/mol. The Morgan fingerprint density at radius 1 is 0.864 bits per heavy atom. The number of methoxy groups -OCH3 is 1. The standard InChI is InChI=1S/C33H25Cl2F3N2O4/c1-43-15-16-44-32(42)27(40-31(41)28-25(34)11-6-12-26(28)35)17-19-13-14-24(23-10-5-4-8-21(19)23)30-29(33(36,37)38)22-9-3-2-7-20(22)18-39-30/h2-14,18,27H,15-17H2,1H3,(H,40,41)/t27-/m0/s1. The van der Waals surface area contributed by atoms with E-state index < -0.39 is 29.7 Å². The van der Waals surface area contributed by atoms with Crippen molar-refractivity contribution in [2.45, 2.75) is 18.6 Å². The van der Waals surface area contributed by atoms with Crippen LogP contribution in [0.4, 0.5) is 13.2 Å². The van der Waals surface area contributed by atoms with Crippen LogP contribution in [-0.4, -0.2) is 43.2 Å². The first kappa shape index (κ1) is 31.3. The fraction of sp³-hybridized carbons (Fsp3) is 0.182. The average molecular weight is 641 g/mol. The summed E-state index contributed by atoms with van der Waals surface area (Å²) in [6.45, 7) is 0.0861. The molecular formula is C33H25Cl2F3N2O4. The summed E-state index contributed by atoms with van der Waals surface area (Å²) in [5.41, 5.74) is -0.201. The summed E-state index contributed by atoms with van der Waals surface area (Å²) >= 11 is 12.4. The normalized spacial score (nSPS) is 12.3. The van der Waals surface area contributed by atoms with Crippen molar-refractivity contribution in [3.05, 3.63) is 112 Å². The molecule has 0 saturated carbocycles. The van der Waals surface area contributed by atoms with Gasteiger partial charge in [-0.25, -0.2) is 4.79 Å². The van der Waals surface area contributed by atoms with E-state index in [1.54, 1.807) is 60.7 Å². The zero-order valence-corrected chi connectivity index (χ0v) is 24.8. The Labute approximate surface area is 260 Å². The number of nitrogens with zero attached hydrogens (tertiary/aromatic N) is 1. The second-order valence-electron chi connectivity index (χ2n) is 9.87. The smallest absolute Gasteiger partial charge is 0.419 e. The van der Waals surface area contributed by atoms with Gasteiger partial charge in [0.1, 0.15) is 12.6 Å². The lowest BCUT2D eigenvalue weighted by Crippen LogP contribution is -2.44. The van der Waals surface area contributed by atoms with Crippen LogP contribution in [0.25, 0.3) is 32.8 Å². The number of benzene rings is 4. The van der Waals surface area contributed by atoms with Gasteiger partial charge in [0, 0.05) is 30.7 Å². The van der Waals surface area contributed by atoms with E-state index >= 15 is 0 Å². The Morgan fingerprint density at radius 2 is 1.52 bits per heavy atom. The first-order valence-corrected chi connectivity index (χ1v) is 14.2. The van der Waals surface area contributed by atoms with E-state index in [4.69, 9.17) is 32.7 Å². The van der Waals surface area contributed by atoms with E-state index in [0.717, 1.165) is 0 Å². The number of pyridine rings is 1. The van der Waals surface area contributed by atoms with Crippen LogP contribution in [0.5, 0.6) is 0 Å². The van der Waals surface area contributed by atoms with Crippen LogP contribution in [0.3, 0.4) is 0 Å². The molecule has 1 atom stereocenters. The molecule has 0 radical (unpaired) electrons. The Hall–Kier alpha value is -4.18. The van der Waals surface area contributed by atoms with Crippen LogP contribution >= 0.6 is 23.2 Å². The highest BCUT2D eigenvalue weighted by molar-refractivity contribution is 6.39. The van der Waals surface area contributed by atoms with E-state index in [1.807, 2.05) is 0 Å². The number of hydrogen-bond donors (Lipinski definition) is 1. The summed E-state index contributed by atoms with van der Waals surface area (Å²) in [6, 6.07) is 19.7. The van der Waals surface area contributed by atoms with Crippen LogP contribution in [0.15, 0.2) is 85.1 Å². The van der Waals surface area contributed by atoms with Gasteiger partial charge in [0.05, 0.1) is 33.5 Å². The molecule has 0 bridgehead atoms. The average Bonchev–Trinajstić information content (AvgIpc) is 2.99. The van der Waals surface area contributed by atoms with Gasteiger partial charge >= 0.3 is 12.1 Å². The number of carbonyl (C=O) groups is 2. The van der Waals surface area contributed by atoms with Crippen molar-refractivity contribution < 1.29 is 32.2 Å². The summed E-state index contributed by atoms with van der Waals surface area (Å²) in [4.78, 5) is 30.7. The molecule has 0 fully saturated rings. The van der Waals surface area contributed by atoms with Crippen LogP contribution in [0, 0.1) is 0 Å². The number of rotatable bonds is 9. The SMILES string of the molecule is COCCOC(=O)[C@H](Cc1ccc(-c2ncc3ccccc3c2C(F)(F)F)c2ccccc12)NC(=O)c1c(Cl)cccc1Cl. The Balaban J connectivity index is 1.58. The summed E-state index contributed by atoms with van der Waals surface area (Å²) in [7, 11) is 1.45. The minimum absolute atomic E-state index is 0.00668. The number of esters is 1. The molecule has 0 aliphatic carbocycles. The van der Waals surface area contributed by atoms with Crippen molar-refractivity contribution in [1.82, 2.24) is 10.3 Å². The number of amides is 1. The number of fused-ring (bicyclic) bond motifs is 2. The maximum atomic E-state index is 14.5. The van der Waals surface area contributed by atoms with Crippen LogP contribution in [0.2, 0.25) is 10.0 Å². The van der Waals surface area contributed by atoms with Crippen molar-refractivity contribution in [2.24, 2.45) is 0 Å². The molecule has 44 heavy (non-hydrogen) atoms. The largest absolute Gasteiger partial charge is 0.462 e. The second kappa shape index (κ2) is 13.2. The molecule has 11 heteroatoms. The number of nitrogens with one attached hydrogen (secondary N) is 1. The molecule has 226 valence electrons. The van der Waals surface area contributed by atoms with Gasteiger partial charge in [-0.2, -0.15) is 13.2 Å². The predicted octanol–water partition coefficient (Wildman–Crippen LogP) is 7.91. The van der Waals surface area contributed by atoms with E-state index in [2.05, 4.69) is 10.3 Å². The van der Waals surface area contributed by atoms with Crippen LogP contribution in [0.1, 0.15) is 21.5 Å². The summed E-state index contributed by atoms with van der Waals surface area (Å²) in [6.07, 6.45) is -3.30. The lowest BCUT2D eigenvalue weighted by atomic mass is 9.91. The molecule has 4 aromatic carbocycles.